The zero-order valence-corrected chi connectivity index (χ0v) is 17.4. The van der Waals surface area contributed by atoms with E-state index in [4.69, 9.17) is 4.74 Å². The molecule has 10 nitrogen and oxygen atoms in total. The highest BCUT2D eigenvalue weighted by molar-refractivity contribution is 7.89. The van der Waals surface area contributed by atoms with Crippen LogP contribution in [0.2, 0.25) is 0 Å². The summed E-state index contributed by atoms with van der Waals surface area (Å²) in [5.74, 6) is 0. The van der Waals surface area contributed by atoms with Gasteiger partial charge in [-0.3, -0.25) is 4.57 Å². The normalized spacial score (nSPS) is 15.5. The van der Waals surface area contributed by atoms with Crippen LogP contribution in [-0.4, -0.2) is 47.0 Å². The highest BCUT2D eigenvalue weighted by atomic mass is 32.2. The summed E-state index contributed by atoms with van der Waals surface area (Å²) in [7, 11) is -2.39. The maximum Gasteiger partial charge on any atom is 0.335 e. The van der Waals surface area contributed by atoms with Gasteiger partial charge in [-0.05, 0) is 38.0 Å². The molecule has 3 aromatic rings. The molecule has 12 heteroatoms. The van der Waals surface area contributed by atoms with Crippen LogP contribution in [0.5, 0.6) is 0 Å². The number of methoxy groups -OCH3 is 1. The van der Waals surface area contributed by atoms with Gasteiger partial charge < -0.3 is 4.74 Å². The highest BCUT2D eigenvalue weighted by Gasteiger charge is 2.46. The number of ether oxygens (including phenoxy) is 1. The highest BCUT2D eigenvalue weighted by Crippen LogP contribution is 2.36. The number of hydrogen-bond donors (Lipinski definition) is 1. The number of hydrogen-bond acceptors (Lipinski definition) is 8. The Morgan fingerprint density at radius 2 is 2.10 bits per heavy atom. The molecule has 0 atom stereocenters. The largest absolute Gasteiger partial charge is 0.383 e. The second-order valence-corrected chi connectivity index (χ2v) is 9.66. The summed E-state index contributed by atoms with van der Waals surface area (Å²) in [6, 6.07) is 6.44. The molecule has 4 rings (SSSR count). The van der Waals surface area contributed by atoms with Crippen LogP contribution in [0.4, 0.5) is 0 Å². The molecule has 0 saturated heterocycles. The van der Waals surface area contributed by atoms with Gasteiger partial charge in [0.25, 0.3) is 0 Å². The molecule has 0 aliphatic heterocycles. The van der Waals surface area contributed by atoms with E-state index in [9.17, 15) is 18.5 Å². The lowest BCUT2D eigenvalue weighted by atomic mass is 10.3. The molecule has 152 valence electrons. The zero-order chi connectivity index (χ0) is 20.8. The first kappa shape index (κ1) is 19.7. The summed E-state index contributed by atoms with van der Waals surface area (Å²) in [6.07, 6.45) is 0.959. The lowest BCUT2D eigenvalue weighted by molar-refractivity contribution is 0.187. The van der Waals surface area contributed by atoms with Crippen LogP contribution in [0.1, 0.15) is 17.8 Å². The zero-order valence-electron chi connectivity index (χ0n) is 15.7. The summed E-state index contributed by atoms with van der Waals surface area (Å²) in [6.45, 7) is 2.39. The lowest BCUT2D eigenvalue weighted by Crippen LogP contribution is -2.35. The molecule has 0 amide bonds. The fraction of sp³-hybridized carbons (Fsp3) is 0.412. The predicted octanol–water partition coefficient (Wildman–Crippen LogP) is 0.933. The molecule has 0 spiro atoms. The summed E-state index contributed by atoms with van der Waals surface area (Å²) in [4.78, 5) is 13.0. The van der Waals surface area contributed by atoms with Gasteiger partial charge in [0.1, 0.15) is 10.5 Å². The number of sulfonamides is 1. The number of nitrogens with zero attached hydrogens (tertiary/aromatic N) is 5. The van der Waals surface area contributed by atoms with Crippen LogP contribution in [-0.2, 0) is 21.3 Å². The third-order valence-corrected chi connectivity index (χ3v) is 7.09. The average Bonchev–Trinajstić information content (AvgIpc) is 3.23. The van der Waals surface area contributed by atoms with Gasteiger partial charge in [-0.1, -0.05) is 11.3 Å². The second-order valence-electron chi connectivity index (χ2n) is 6.82. The number of fused-ring (bicyclic) bond motifs is 1. The molecule has 2 heterocycles. The first-order valence-corrected chi connectivity index (χ1v) is 11.1. The topological polar surface area (TPSA) is 132 Å². The van der Waals surface area contributed by atoms with E-state index in [-0.39, 0.29) is 10.6 Å². The standard InChI is InChI=1S/C17H18N6O4S2/c1-11-19-20-15(28-11)23-14-9-12(29(25,26)21-17(10-18)5-6-17)3-4-13(14)22(16(23)24)7-8-27-2/h3-4,9,21H,5-8H2,1-2H3. The van der Waals surface area contributed by atoms with Crippen molar-refractivity contribution in [3.8, 4) is 11.2 Å². The molecule has 1 aliphatic carbocycles. The quantitative estimate of drug-likeness (QED) is 0.585. The molecule has 1 saturated carbocycles. The van der Waals surface area contributed by atoms with Crippen LogP contribution in [0.25, 0.3) is 16.2 Å². The van der Waals surface area contributed by atoms with Gasteiger partial charge in [0.2, 0.25) is 15.2 Å². The van der Waals surface area contributed by atoms with E-state index < -0.39 is 15.6 Å². The Kier molecular flexibility index (Phi) is 4.78. The summed E-state index contributed by atoms with van der Waals surface area (Å²) < 4.78 is 36.0. The van der Waals surface area contributed by atoms with Crippen molar-refractivity contribution in [3.05, 3.63) is 33.7 Å². The molecular weight excluding hydrogens is 416 g/mol. The fourth-order valence-corrected chi connectivity index (χ4v) is 5.13. The van der Waals surface area contributed by atoms with E-state index in [1.165, 1.54) is 39.7 Å². The average molecular weight is 435 g/mol. The smallest absolute Gasteiger partial charge is 0.335 e. The predicted molar refractivity (Wildman–Crippen MR) is 106 cm³/mol. The van der Waals surface area contributed by atoms with Crippen LogP contribution in [0.3, 0.4) is 0 Å². The van der Waals surface area contributed by atoms with Gasteiger partial charge in [0.05, 0.1) is 35.1 Å². The maximum absolute atomic E-state index is 13.1. The van der Waals surface area contributed by atoms with Crippen molar-refractivity contribution < 1.29 is 13.2 Å². The Hall–Kier alpha value is -2.59. The van der Waals surface area contributed by atoms with Crippen molar-refractivity contribution in [1.82, 2.24) is 24.1 Å². The first-order valence-electron chi connectivity index (χ1n) is 8.80. The molecule has 1 aliphatic rings. The Balaban J connectivity index is 1.89. The Labute approximate surface area is 170 Å². The second kappa shape index (κ2) is 7.03. The third-order valence-electron chi connectivity index (χ3n) is 4.73. The summed E-state index contributed by atoms with van der Waals surface area (Å²) in [5, 5.41) is 18.2. The molecule has 1 aromatic carbocycles. The lowest BCUT2D eigenvalue weighted by Gasteiger charge is -2.10. The third kappa shape index (κ3) is 3.46. The molecule has 0 bridgehead atoms. The number of aryl methyl sites for hydroxylation is 1. The van der Waals surface area contributed by atoms with Gasteiger partial charge in [-0.2, -0.15) is 9.98 Å². The SMILES string of the molecule is COCCn1c(=O)n(-c2nnc(C)s2)c2cc(S(=O)(=O)NC3(C#N)CC3)ccc21. The molecule has 2 aromatic heterocycles. The van der Waals surface area contributed by atoms with E-state index in [1.807, 2.05) is 6.07 Å². The number of aromatic nitrogens is 4. The van der Waals surface area contributed by atoms with Crippen LogP contribution in [0.15, 0.2) is 27.9 Å². The maximum atomic E-state index is 13.1. The van der Waals surface area contributed by atoms with Gasteiger partial charge >= 0.3 is 5.69 Å². The number of benzene rings is 1. The van der Waals surface area contributed by atoms with E-state index in [1.54, 1.807) is 13.0 Å². The Morgan fingerprint density at radius 1 is 1.34 bits per heavy atom. The van der Waals surface area contributed by atoms with E-state index >= 15 is 0 Å². The minimum absolute atomic E-state index is 0.0228. The van der Waals surface area contributed by atoms with Crippen molar-refractivity contribution in [2.24, 2.45) is 0 Å². The molecule has 0 unspecified atom stereocenters. The van der Waals surface area contributed by atoms with E-state index in [0.29, 0.717) is 47.2 Å². The summed E-state index contributed by atoms with van der Waals surface area (Å²) >= 11 is 1.23. The molecular formula is C17H18N6O4S2. The molecule has 1 fully saturated rings. The number of nitrogens with one attached hydrogen (secondary N) is 1. The van der Waals surface area contributed by atoms with Crippen molar-refractivity contribution in [2.75, 3.05) is 13.7 Å². The van der Waals surface area contributed by atoms with E-state index in [2.05, 4.69) is 14.9 Å². The van der Waals surface area contributed by atoms with Crippen LogP contribution >= 0.6 is 11.3 Å². The van der Waals surface area contributed by atoms with Crippen LogP contribution < -0.4 is 10.4 Å². The molecule has 1 N–H and O–H groups in total. The van der Waals surface area contributed by atoms with Crippen LogP contribution in [0, 0.1) is 18.3 Å². The molecule has 0 radical (unpaired) electrons. The number of rotatable bonds is 7. The van der Waals surface area contributed by atoms with E-state index in [0.717, 1.165) is 0 Å². The van der Waals surface area contributed by atoms with Crippen molar-refractivity contribution in [1.29, 1.82) is 5.26 Å². The van der Waals surface area contributed by atoms with Gasteiger partial charge in [-0.15, -0.1) is 10.2 Å². The first-order chi connectivity index (χ1) is 13.8. The number of imidazole rings is 1. The van der Waals surface area contributed by atoms with Crippen molar-refractivity contribution in [3.63, 3.8) is 0 Å². The van der Waals surface area contributed by atoms with Gasteiger partial charge in [0.15, 0.2) is 0 Å². The minimum atomic E-state index is -3.93. The van der Waals surface area contributed by atoms with Gasteiger partial charge in [-0.25, -0.2) is 17.8 Å². The Bertz CT molecular complexity index is 1290. The van der Waals surface area contributed by atoms with Crippen molar-refractivity contribution >= 4 is 32.4 Å². The van der Waals surface area contributed by atoms with Crippen molar-refractivity contribution in [2.45, 2.75) is 36.7 Å². The molecule has 29 heavy (non-hydrogen) atoms. The monoisotopic (exact) mass is 434 g/mol. The number of nitriles is 1. The van der Waals surface area contributed by atoms with Gasteiger partial charge in [0, 0.05) is 7.11 Å². The fourth-order valence-electron chi connectivity index (χ4n) is 3.04. The minimum Gasteiger partial charge on any atom is -0.383 e. The summed E-state index contributed by atoms with van der Waals surface area (Å²) in [5.41, 5.74) is -0.438. The Morgan fingerprint density at radius 3 is 2.69 bits per heavy atom.